The van der Waals surface area contributed by atoms with Crippen LogP contribution in [0.5, 0.6) is 0 Å². The lowest BCUT2D eigenvalue weighted by Crippen LogP contribution is -1.81. The lowest BCUT2D eigenvalue weighted by atomic mass is 10.2. The van der Waals surface area contributed by atoms with Gasteiger partial charge in [0.1, 0.15) is 10.9 Å². The van der Waals surface area contributed by atoms with Crippen molar-refractivity contribution in [3.05, 3.63) is 40.2 Å². The number of nitrogens with zero attached hydrogens (tertiary/aromatic N) is 1. The van der Waals surface area contributed by atoms with Crippen LogP contribution in [0.25, 0.3) is 10.4 Å². The highest BCUT2D eigenvalue weighted by Crippen LogP contribution is 2.36. The van der Waals surface area contributed by atoms with Crippen molar-refractivity contribution < 1.29 is 0 Å². The second-order valence-electron chi connectivity index (χ2n) is 2.99. The molecule has 0 saturated heterocycles. The maximum atomic E-state index is 8.80. The Morgan fingerprint density at radius 2 is 2.07 bits per heavy atom. The molecule has 0 amide bonds. The first-order valence-corrected chi connectivity index (χ1v) is 5.46. The molecule has 15 heavy (non-hydrogen) atoms. The SMILES string of the molecule is N#Cc1sc(-c2ccccc2Cl)cc1N. The molecule has 0 atom stereocenters. The van der Waals surface area contributed by atoms with Crippen LogP contribution in [0.4, 0.5) is 5.69 Å². The monoisotopic (exact) mass is 234 g/mol. The van der Waals surface area contributed by atoms with Crippen LogP contribution < -0.4 is 5.73 Å². The first-order valence-electron chi connectivity index (χ1n) is 4.26. The molecule has 2 rings (SSSR count). The summed E-state index contributed by atoms with van der Waals surface area (Å²) in [7, 11) is 0. The summed E-state index contributed by atoms with van der Waals surface area (Å²) in [6.45, 7) is 0. The summed E-state index contributed by atoms with van der Waals surface area (Å²) < 4.78 is 0. The molecule has 1 aromatic heterocycles. The summed E-state index contributed by atoms with van der Waals surface area (Å²) in [6, 6.07) is 11.3. The van der Waals surface area contributed by atoms with Crippen LogP contribution in [0.2, 0.25) is 5.02 Å². The molecule has 0 aliphatic heterocycles. The Labute approximate surface area is 96.5 Å². The smallest absolute Gasteiger partial charge is 0.128 e. The average Bonchev–Trinajstić information content (AvgIpc) is 2.60. The number of nitrogens with two attached hydrogens (primary N) is 1. The summed E-state index contributed by atoms with van der Waals surface area (Å²) in [4.78, 5) is 1.46. The molecule has 0 saturated carbocycles. The van der Waals surface area contributed by atoms with Gasteiger partial charge in [-0.1, -0.05) is 29.8 Å². The van der Waals surface area contributed by atoms with Gasteiger partial charge in [0.15, 0.2) is 0 Å². The average molecular weight is 235 g/mol. The van der Waals surface area contributed by atoms with Gasteiger partial charge in [0, 0.05) is 15.5 Å². The molecule has 0 unspecified atom stereocenters. The number of benzene rings is 1. The Kier molecular flexibility index (Phi) is 2.63. The van der Waals surface area contributed by atoms with E-state index in [1.165, 1.54) is 11.3 Å². The summed E-state index contributed by atoms with van der Waals surface area (Å²) in [5.41, 5.74) is 7.11. The number of hydrogen-bond donors (Lipinski definition) is 1. The van der Waals surface area contributed by atoms with Crippen molar-refractivity contribution >= 4 is 28.6 Å². The highest BCUT2D eigenvalue weighted by atomic mass is 35.5. The first kappa shape index (κ1) is 10.0. The van der Waals surface area contributed by atoms with Gasteiger partial charge in [0.25, 0.3) is 0 Å². The van der Waals surface area contributed by atoms with Crippen LogP contribution in [0.1, 0.15) is 4.88 Å². The molecular weight excluding hydrogens is 228 g/mol. The van der Waals surface area contributed by atoms with E-state index in [-0.39, 0.29) is 0 Å². The highest BCUT2D eigenvalue weighted by molar-refractivity contribution is 7.16. The maximum absolute atomic E-state index is 8.80. The minimum Gasteiger partial charge on any atom is -0.397 e. The zero-order valence-electron chi connectivity index (χ0n) is 7.70. The minimum absolute atomic E-state index is 0.511. The van der Waals surface area contributed by atoms with Crippen LogP contribution in [-0.4, -0.2) is 0 Å². The van der Waals surface area contributed by atoms with Crippen LogP contribution in [0.15, 0.2) is 30.3 Å². The first-order chi connectivity index (χ1) is 7.22. The zero-order valence-corrected chi connectivity index (χ0v) is 9.27. The number of nitriles is 1. The van der Waals surface area contributed by atoms with E-state index in [4.69, 9.17) is 22.6 Å². The number of rotatable bonds is 1. The van der Waals surface area contributed by atoms with Gasteiger partial charge in [0.05, 0.1) is 5.69 Å². The Balaban J connectivity index is 2.56. The van der Waals surface area contributed by atoms with Crippen molar-refractivity contribution in [2.75, 3.05) is 5.73 Å². The molecule has 1 heterocycles. The van der Waals surface area contributed by atoms with Gasteiger partial charge in [0.2, 0.25) is 0 Å². The van der Waals surface area contributed by atoms with E-state index in [1.807, 2.05) is 24.3 Å². The molecular formula is C11H7ClN2S. The Hall–Kier alpha value is -1.50. The number of thiophene rings is 1. The van der Waals surface area contributed by atoms with E-state index in [2.05, 4.69) is 6.07 Å². The summed E-state index contributed by atoms with van der Waals surface area (Å²) in [6.07, 6.45) is 0. The molecule has 2 nitrogen and oxygen atoms in total. The number of hydrogen-bond acceptors (Lipinski definition) is 3. The van der Waals surface area contributed by atoms with Gasteiger partial charge in [-0.15, -0.1) is 11.3 Å². The lowest BCUT2D eigenvalue weighted by Gasteiger charge is -1.98. The maximum Gasteiger partial charge on any atom is 0.128 e. The number of halogens is 1. The van der Waals surface area contributed by atoms with Gasteiger partial charge in [-0.2, -0.15) is 5.26 Å². The summed E-state index contributed by atoms with van der Waals surface area (Å²) in [5, 5.41) is 9.47. The third kappa shape index (κ3) is 1.82. The second-order valence-corrected chi connectivity index (χ2v) is 4.45. The minimum atomic E-state index is 0.511. The third-order valence-corrected chi connectivity index (χ3v) is 3.42. The molecule has 0 aliphatic rings. The molecule has 0 spiro atoms. The van der Waals surface area contributed by atoms with Gasteiger partial charge in [-0.25, -0.2) is 0 Å². The summed E-state index contributed by atoms with van der Waals surface area (Å²) in [5.74, 6) is 0. The number of nitrogen functional groups attached to an aromatic ring is 1. The molecule has 2 N–H and O–H groups in total. The molecule has 74 valence electrons. The van der Waals surface area contributed by atoms with E-state index >= 15 is 0 Å². The van der Waals surface area contributed by atoms with Gasteiger partial charge in [-0.3, -0.25) is 0 Å². The molecule has 0 fully saturated rings. The second kappa shape index (κ2) is 3.93. The molecule has 0 bridgehead atoms. The van der Waals surface area contributed by atoms with E-state index in [1.54, 1.807) is 6.07 Å². The van der Waals surface area contributed by atoms with Crippen molar-refractivity contribution in [3.63, 3.8) is 0 Å². The van der Waals surface area contributed by atoms with Crippen molar-refractivity contribution in [2.24, 2.45) is 0 Å². The standard InChI is InChI=1S/C11H7ClN2S/c12-8-4-2-1-3-7(8)10-5-9(14)11(6-13)15-10/h1-5H,14H2. The quantitative estimate of drug-likeness (QED) is 0.821. The van der Waals surface area contributed by atoms with Crippen molar-refractivity contribution in [1.82, 2.24) is 0 Å². The third-order valence-electron chi connectivity index (χ3n) is 2.00. The molecule has 0 radical (unpaired) electrons. The van der Waals surface area contributed by atoms with Crippen LogP contribution >= 0.6 is 22.9 Å². The van der Waals surface area contributed by atoms with Crippen molar-refractivity contribution in [2.45, 2.75) is 0 Å². The van der Waals surface area contributed by atoms with Crippen LogP contribution in [-0.2, 0) is 0 Å². The van der Waals surface area contributed by atoms with E-state index in [9.17, 15) is 0 Å². The largest absolute Gasteiger partial charge is 0.397 e. The van der Waals surface area contributed by atoms with Gasteiger partial charge >= 0.3 is 0 Å². The van der Waals surface area contributed by atoms with E-state index < -0.39 is 0 Å². The Bertz CT molecular complexity index is 540. The zero-order chi connectivity index (χ0) is 10.8. The Morgan fingerprint density at radius 3 is 2.67 bits per heavy atom. The highest BCUT2D eigenvalue weighted by Gasteiger charge is 2.09. The summed E-state index contributed by atoms with van der Waals surface area (Å²) >= 11 is 7.40. The molecule has 1 aromatic carbocycles. The predicted octanol–water partition coefficient (Wildman–Crippen LogP) is 3.52. The van der Waals surface area contributed by atoms with Gasteiger partial charge in [-0.05, 0) is 12.1 Å². The Morgan fingerprint density at radius 1 is 1.33 bits per heavy atom. The van der Waals surface area contributed by atoms with Crippen LogP contribution in [0, 0.1) is 11.3 Å². The number of anilines is 1. The fraction of sp³-hybridized carbons (Fsp3) is 0. The van der Waals surface area contributed by atoms with Crippen LogP contribution in [0.3, 0.4) is 0 Å². The fourth-order valence-electron chi connectivity index (χ4n) is 1.29. The van der Waals surface area contributed by atoms with E-state index in [0.717, 1.165) is 10.4 Å². The van der Waals surface area contributed by atoms with E-state index in [0.29, 0.717) is 15.6 Å². The van der Waals surface area contributed by atoms with Gasteiger partial charge < -0.3 is 5.73 Å². The fourth-order valence-corrected chi connectivity index (χ4v) is 2.50. The molecule has 2 aromatic rings. The lowest BCUT2D eigenvalue weighted by molar-refractivity contribution is 1.52. The van der Waals surface area contributed by atoms with Crippen molar-refractivity contribution in [1.29, 1.82) is 5.26 Å². The normalized spacial score (nSPS) is 9.87. The molecule has 0 aliphatic carbocycles. The van der Waals surface area contributed by atoms with Crippen molar-refractivity contribution in [3.8, 4) is 16.5 Å². The molecule has 4 heteroatoms. The topological polar surface area (TPSA) is 49.8 Å². The predicted molar refractivity (Wildman–Crippen MR) is 63.9 cm³/mol.